The third-order valence-corrected chi connectivity index (χ3v) is 6.94. The summed E-state index contributed by atoms with van der Waals surface area (Å²) in [6, 6.07) is 16.4. The molecule has 0 atom stereocenters. The minimum atomic E-state index is -4.71. The van der Waals surface area contributed by atoms with Crippen molar-refractivity contribution in [2.24, 2.45) is 0 Å². The molecule has 5 aromatic rings. The maximum absolute atomic E-state index is 14.0. The number of thiophene rings is 1. The molecule has 0 N–H and O–H groups in total. The highest BCUT2D eigenvalue weighted by Gasteiger charge is 2.34. The second-order valence-corrected chi connectivity index (χ2v) is 9.32. The summed E-state index contributed by atoms with van der Waals surface area (Å²) in [6.07, 6.45) is -4.71. The van der Waals surface area contributed by atoms with E-state index in [2.05, 4.69) is 15.1 Å². The molecule has 3 aromatic heterocycles. The second-order valence-electron chi connectivity index (χ2n) is 8.37. The lowest BCUT2D eigenvalue weighted by atomic mass is 10.1. The fraction of sp³-hybridized carbons (Fsp3) is 0.179. The Hall–Kier alpha value is -4.58. The Morgan fingerprint density at radius 1 is 0.725 bits per heavy atom. The van der Waals surface area contributed by atoms with Crippen molar-refractivity contribution < 1.29 is 32.1 Å². The van der Waals surface area contributed by atoms with Gasteiger partial charge in [-0.3, -0.25) is 0 Å². The predicted molar refractivity (Wildman–Crippen MR) is 145 cm³/mol. The number of nitrogens with zero attached hydrogens (tertiary/aromatic N) is 4. The van der Waals surface area contributed by atoms with Gasteiger partial charge in [-0.15, -0.1) is 11.3 Å². The van der Waals surface area contributed by atoms with Crippen molar-refractivity contribution in [2.45, 2.75) is 6.18 Å². The molecule has 0 saturated heterocycles. The molecular weight excluding hydrogens is 545 g/mol. The van der Waals surface area contributed by atoms with Gasteiger partial charge < -0.3 is 18.9 Å². The topological polar surface area (TPSA) is 80.5 Å². The Labute approximate surface area is 231 Å². The van der Waals surface area contributed by atoms with Crippen molar-refractivity contribution in [3.8, 4) is 62.0 Å². The number of hydrogen-bond donors (Lipinski definition) is 0. The van der Waals surface area contributed by atoms with Crippen molar-refractivity contribution in [3.63, 3.8) is 0 Å². The van der Waals surface area contributed by atoms with Crippen molar-refractivity contribution in [1.82, 2.24) is 19.7 Å². The molecule has 0 amide bonds. The highest BCUT2D eigenvalue weighted by atomic mass is 32.1. The molecule has 0 fully saturated rings. The number of benzene rings is 2. The van der Waals surface area contributed by atoms with Crippen LogP contribution in [-0.2, 0) is 6.18 Å². The monoisotopic (exact) mass is 568 g/mol. The van der Waals surface area contributed by atoms with Crippen LogP contribution in [0.1, 0.15) is 5.69 Å². The third kappa shape index (κ3) is 5.17. The number of aromatic nitrogens is 4. The van der Waals surface area contributed by atoms with Gasteiger partial charge >= 0.3 is 6.18 Å². The predicted octanol–water partition coefficient (Wildman–Crippen LogP) is 6.78. The molecule has 0 spiro atoms. The number of alkyl halides is 3. The fourth-order valence-electron chi connectivity index (χ4n) is 4.10. The Kier molecular flexibility index (Phi) is 7.35. The molecule has 0 aliphatic carbocycles. The van der Waals surface area contributed by atoms with Crippen LogP contribution >= 0.6 is 11.3 Å². The Bertz CT molecular complexity index is 1650. The molecule has 12 heteroatoms. The van der Waals surface area contributed by atoms with Gasteiger partial charge in [-0.05, 0) is 47.8 Å². The lowest BCUT2D eigenvalue weighted by molar-refractivity contribution is -0.141. The molecular formula is C28H23F3N4O4S. The molecule has 0 radical (unpaired) electrons. The van der Waals surface area contributed by atoms with Gasteiger partial charge in [0.05, 0.1) is 50.4 Å². The minimum Gasteiger partial charge on any atom is -0.497 e. The van der Waals surface area contributed by atoms with Gasteiger partial charge in [0.1, 0.15) is 23.0 Å². The maximum Gasteiger partial charge on any atom is 0.433 e. The number of ether oxygens (including phenoxy) is 4. The van der Waals surface area contributed by atoms with Crippen LogP contribution in [0.25, 0.3) is 39.0 Å². The summed E-state index contributed by atoms with van der Waals surface area (Å²) in [5.74, 6) is 1.73. The fourth-order valence-corrected chi connectivity index (χ4v) is 4.79. The quantitative estimate of drug-likeness (QED) is 0.204. The van der Waals surface area contributed by atoms with E-state index < -0.39 is 11.9 Å². The number of methoxy groups -OCH3 is 4. The smallest absolute Gasteiger partial charge is 0.433 e. The van der Waals surface area contributed by atoms with E-state index in [9.17, 15) is 13.2 Å². The first-order chi connectivity index (χ1) is 19.2. The first-order valence-electron chi connectivity index (χ1n) is 11.8. The van der Waals surface area contributed by atoms with Crippen LogP contribution in [0, 0.1) is 0 Å². The summed E-state index contributed by atoms with van der Waals surface area (Å²) in [5, 5.41) is 6.44. The maximum atomic E-state index is 14.0. The van der Waals surface area contributed by atoms with E-state index in [0.29, 0.717) is 50.4 Å². The van der Waals surface area contributed by atoms with Crippen molar-refractivity contribution >= 4 is 11.3 Å². The second kappa shape index (κ2) is 10.9. The summed E-state index contributed by atoms with van der Waals surface area (Å²) < 4.78 is 65.0. The van der Waals surface area contributed by atoms with E-state index in [1.807, 2.05) is 0 Å². The molecule has 0 unspecified atom stereocenters. The van der Waals surface area contributed by atoms with Gasteiger partial charge in [0.15, 0.2) is 5.69 Å². The third-order valence-electron chi connectivity index (χ3n) is 6.05. The van der Waals surface area contributed by atoms with E-state index in [0.717, 1.165) is 6.07 Å². The molecule has 0 aliphatic heterocycles. The van der Waals surface area contributed by atoms with Crippen molar-refractivity contribution in [2.75, 3.05) is 28.4 Å². The molecule has 40 heavy (non-hydrogen) atoms. The molecule has 5 rings (SSSR count). The molecule has 206 valence electrons. The molecule has 8 nitrogen and oxygen atoms in total. The zero-order valence-corrected chi connectivity index (χ0v) is 22.6. The van der Waals surface area contributed by atoms with Crippen LogP contribution in [0.2, 0.25) is 0 Å². The highest BCUT2D eigenvalue weighted by Crippen LogP contribution is 2.40. The summed E-state index contributed by atoms with van der Waals surface area (Å²) in [5.41, 5.74) is 0.955. The van der Waals surface area contributed by atoms with Crippen LogP contribution < -0.4 is 18.9 Å². The van der Waals surface area contributed by atoms with Crippen LogP contribution in [0.3, 0.4) is 0 Å². The van der Waals surface area contributed by atoms with Gasteiger partial charge in [-0.2, -0.15) is 23.0 Å². The Balaban J connectivity index is 1.79. The highest BCUT2D eigenvalue weighted by molar-refractivity contribution is 7.13. The van der Waals surface area contributed by atoms with Gasteiger partial charge in [-0.25, -0.2) is 9.97 Å². The zero-order valence-electron chi connectivity index (χ0n) is 21.8. The standard InChI is InChI=1S/C28H23F3N4O4S/c1-36-16-7-9-18(23(12-16)38-3)20-14-22(19-10-8-17(37-2)13-24(19)39-4)35(34-20)27-32-21(25-6-5-11-40-25)15-26(33-27)28(29,30)31/h5-15H,1-4H3. The largest absolute Gasteiger partial charge is 0.497 e. The molecule has 0 aliphatic rings. The summed E-state index contributed by atoms with van der Waals surface area (Å²) in [7, 11) is 6.05. The van der Waals surface area contributed by atoms with E-state index >= 15 is 0 Å². The summed E-state index contributed by atoms with van der Waals surface area (Å²) in [6.45, 7) is 0. The van der Waals surface area contributed by atoms with Crippen LogP contribution in [0.5, 0.6) is 23.0 Å². The van der Waals surface area contributed by atoms with Gasteiger partial charge in [0.2, 0.25) is 0 Å². The van der Waals surface area contributed by atoms with Gasteiger partial charge in [0.25, 0.3) is 5.95 Å². The number of hydrogen-bond acceptors (Lipinski definition) is 8. The first-order valence-corrected chi connectivity index (χ1v) is 12.7. The molecule has 3 heterocycles. The van der Waals surface area contributed by atoms with Crippen LogP contribution in [0.4, 0.5) is 13.2 Å². The Morgan fingerprint density at radius 3 is 1.95 bits per heavy atom. The average molecular weight is 569 g/mol. The average Bonchev–Trinajstić information content (AvgIpc) is 3.67. The van der Waals surface area contributed by atoms with Crippen LogP contribution in [0.15, 0.2) is 66.0 Å². The Morgan fingerprint density at radius 2 is 1.38 bits per heavy atom. The summed E-state index contributed by atoms with van der Waals surface area (Å²) >= 11 is 1.27. The van der Waals surface area contributed by atoms with E-state index in [1.54, 1.807) is 60.0 Å². The molecule has 0 saturated carbocycles. The minimum absolute atomic E-state index is 0.124. The van der Waals surface area contributed by atoms with Gasteiger partial charge in [0, 0.05) is 23.3 Å². The number of halogens is 3. The van der Waals surface area contributed by atoms with Crippen molar-refractivity contribution in [1.29, 1.82) is 0 Å². The van der Waals surface area contributed by atoms with E-state index in [-0.39, 0.29) is 11.6 Å². The van der Waals surface area contributed by atoms with Crippen LogP contribution in [-0.4, -0.2) is 48.2 Å². The van der Waals surface area contributed by atoms with Crippen molar-refractivity contribution in [3.05, 3.63) is 71.7 Å². The van der Waals surface area contributed by atoms with Gasteiger partial charge in [-0.1, -0.05) is 6.07 Å². The lowest BCUT2D eigenvalue weighted by Gasteiger charge is -2.13. The zero-order chi connectivity index (χ0) is 28.4. The summed E-state index contributed by atoms with van der Waals surface area (Å²) in [4.78, 5) is 8.94. The SMILES string of the molecule is COc1ccc(-c2cc(-c3ccc(OC)cc3OC)n(-c3nc(-c4cccs4)cc(C(F)(F)F)n3)n2)c(OC)c1. The molecule has 2 aromatic carbocycles. The number of rotatable bonds is 8. The van der Waals surface area contributed by atoms with E-state index in [4.69, 9.17) is 18.9 Å². The lowest BCUT2D eigenvalue weighted by Crippen LogP contribution is -2.14. The normalized spacial score (nSPS) is 11.4. The molecule has 0 bridgehead atoms. The van der Waals surface area contributed by atoms with E-state index in [1.165, 1.54) is 44.5 Å². The first kappa shape index (κ1) is 27.0.